The topological polar surface area (TPSA) is 75.6 Å². The molecule has 0 radical (unpaired) electrons. The first-order valence-corrected chi connectivity index (χ1v) is 7.30. The van der Waals surface area contributed by atoms with Crippen molar-refractivity contribution in [2.75, 3.05) is 13.2 Å². The molecule has 1 fully saturated rings. The number of ether oxygens (including phenoxy) is 1. The molecular formula is C16H20FNO4. The van der Waals surface area contributed by atoms with E-state index in [2.05, 4.69) is 5.32 Å². The Balaban J connectivity index is 1.99. The first-order chi connectivity index (χ1) is 10.4. The van der Waals surface area contributed by atoms with Gasteiger partial charge in [0.15, 0.2) is 0 Å². The van der Waals surface area contributed by atoms with Crippen molar-refractivity contribution in [3.05, 3.63) is 35.6 Å². The molecule has 0 saturated carbocycles. The lowest BCUT2D eigenvalue weighted by Gasteiger charge is -2.34. The minimum Gasteiger partial charge on any atom is -0.480 e. The minimum absolute atomic E-state index is 0.119. The van der Waals surface area contributed by atoms with Crippen molar-refractivity contribution >= 4 is 11.9 Å². The molecule has 0 spiro atoms. The highest BCUT2D eigenvalue weighted by Gasteiger charge is 2.41. The van der Waals surface area contributed by atoms with Crippen LogP contribution in [0.25, 0.3) is 0 Å². The van der Waals surface area contributed by atoms with E-state index in [0.717, 1.165) is 5.56 Å². The number of rotatable bonds is 5. The van der Waals surface area contributed by atoms with Crippen LogP contribution in [0.3, 0.4) is 0 Å². The van der Waals surface area contributed by atoms with Crippen LogP contribution in [0.5, 0.6) is 0 Å². The van der Waals surface area contributed by atoms with Crippen molar-refractivity contribution in [1.82, 2.24) is 5.32 Å². The lowest BCUT2D eigenvalue weighted by molar-refractivity contribution is -0.152. The standard InChI is InChI=1S/C16H20FNO4/c1-11(12-2-4-13(17)5-3-12)10-14(19)18-16(15(20)21)6-8-22-9-7-16/h2-5,11H,6-10H2,1H3,(H,18,19)(H,20,21). The fraction of sp³-hybridized carbons (Fsp3) is 0.500. The zero-order valence-corrected chi connectivity index (χ0v) is 12.5. The Kier molecular flexibility index (Phi) is 5.13. The van der Waals surface area contributed by atoms with Crippen LogP contribution in [0.15, 0.2) is 24.3 Å². The van der Waals surface area contributed by atoms with E-state index in [9.17, 15) is 19.1 Å². The van der Waals surface area contributed by atoms with Crippen LogP contribution < -0.4 is 5.32 Å². The van der Waals surface area contributed by atoms with Gasteiger partial charge in [-0.1, -0.05) is 19.1 Å². The van der Waals surface area contributed by atoms with Gasteiger partial charge in [-0.25, -0.2) is 9.18 Å². The summed E-state index contributed by atoms with van der Waals surface area (Å²) < 4.78 is 18.1. The summed E-state index contributed by atoms with van der Waals surface area (Å²) in [5, 5.41) is 12.1. The van der Waals surface area contributed by atoms with Crippen molar-refractivity contribution in [2.45, 2.75) is 37.6 Å². The molecule has 1 atom stereocenters. The normalized spacial score (nSPS) is 18.5. The molecule has 6 heteroatoms. The number of carboxylic acids is 1. The third-order valence-electron chi connectivity index (χ3n) is 4.07. The number of halogens is 1. The van der Waals surface area contributed by atoms with Gasteiger partial charge < -0.3 is 15.2 Å². The molecule has 1 unspecified atom stereocenters. The molecule has 1 amide bonds. The highest BCUT2D eigenvalue weighted by molar-refractivity contribution is 5.87. The summed E-state index contributed by atoms with van der Waals surface area (Å²) in [6.45, 7) is 2.49. The molecule has 5 nitrogen and oxygen atoms in total. The van der Waals surface area contributed by atoms with Crippen molar-refractivity contribution in [3.63, 3.8) is 0 Å². The average Bonchev–Trinajstić information content (AvgIpc) is 2.48. The van der Waals surface area contributed by atoms with Gasteiger partial charge in [0, 0.05) is 32.5 Å². The van der Waals surface area contributed by atoms with Gasteiger partial charge in [0.25, 0.3) is 0 Å². The summed E-state index contributed by atoms with van der Waals surface area (Å²) in [5.41, 5.74) is -0.398. The molecule has 120 valence electrons. The van der Waals surface area contributed by atoms with Crippen LogP contribution in [0.2, 0.25) is 0 Å². The second-order valence-corrected chi connectivity index (χ2v) is 5.70. The van der Waals surface area contributed by atoms with E-state index in [-0.39, 0.29) is 36.9 Å². The van der Waals surface area contributed by atoms with Crippen LogP contribution in [0.1, 0.15) is 37.7 Å². The first-order valence-electron chi connectivity index (χ1n) is 7.30. The van der Waals surface area contributed by atoms with Gasteiger partial charge in [-0.2, -0.15) is 0 Å². The third kappa shape index (κ3) is 3.82. The van der Waals surface area contributed by atoms with Crippen LogP contribution in [-0.4, -0.2) is 35.7 Å². The smallest absolute Gasteiger partial charge is 0.329 e. The highest BCUT2D eigenvalue weighted by atomic mass is 19.1. The van der Waals surface area contributed by atoms with Gasteiger partial charge >= 0.3 is 5.97 Å². The largest absolute Gasteiger partial charge is 0.480 e. The Morgan fingerprint density at radius 2 is 1.91 bits per heavy atom. The van der Waals surface area contributed by atoms with Crippen molar-refractivity contribution in [3.8, 4) is 0 Å². The maximum absolute atomic E-state index is 12.9. The minimum atomic E-state index is -1.24. The third-order valence-corrected chi connectivity index (χ3v) is 4.07. The predicted molar refractivity (Wildman–Crippen MR) is 78.0 cm³/mol. The number of aliphatic carboxylic acids is 1. The maximum atomic E-state index is 12.9. The fourth-order valence-electron chi connectivity index (χ4n) is 2.62. The van der Waals surface area contributed by atoms with Crippen LogP contribution in [0, 0.1) is 5.82 Å². The van der Waals surface area contributed by atoms with Crippen molar-refractivity contribution < 1.29 is 23.8 Å². The second kappa shape index (κ2) is 6.87. The molecule has 22 heavy (non-hydrogen) atoms. The fourth-order valence-corrected chi connectivity index (χ4v) is 2.62. The number of hydrogen-bond acceptors (Lipinski definition) is 3. The Hall–Kier alpha value is -1.95. The Morgan fingerprint density at radius 3 is 2.45 bits per heavy atom. The van der Waals surface area contributed by atoms with E-state index in [1.165, 1.54) is 12.1 Å². The maximum Gasteiger partial charge on any atom is 0.329 e. The molecule has 1 aromatic carbocycles. The van der Waals surface area contributed by atoms with E-state index >= 15 is 0 Å². The van der Waals surface area contributed by atoms with Gasteiger partial charge in [0.05, 0.1) is 0 Å². The summed E-state index contributed by atoms with van der Waals surface area (Å²) >= 11 is 0. The van der Waals surface area contributed by atoms with Crippen molar-refractivity contribution in [2.24, 2.45) is 0 Å². The molecule has 1 aromatic rings. The van der Waals surface area contributed by atoms with Gasteiger partial charge in [0.1, 0.15) is 11.4 Å². The Bertz CT molecular complexity index is 538. The molecule has 0 aliphatic carbocycles. The molecule has 0 bridgehead atoms. The van der Waals surface area contributed by atoms with E-state index in [0.29, 0.717) is 13.2 Å². The number of carboxylic acid groups (broad SMARTS) is 1. The number of benzene rings is 1. The van der Waals surface area contributed by atoms with Gasteiger partial charge in [-0.15, -0.1) is 0 Å². The summed E-state index contributed by atoms with van der Waals surface area (Å²) in [7, 11) is 0. The summed E-state index contributed by atoms with van der Waals surface area (Å²) in [6.07, 6.45) is 0.680. The summed E-state index contributed by atoms with van der Waals surface area (Å²) in [6, 6.07) is 5.96. The number of amides is 1. The zero-order valence-electron chi connectivity index (χ0n) is 12.5. The van der Waals surface area contributed by atoms with E-state index in [1.54, 1.807) is 12.1 Å². The van der Waals surface area contributed by atoms with Gasteiger partial charge in [0.2, 0.25) is 5.91 Å². The molecular weight excluding hydrogens is 289 g/mol. The Labute approximate surface area is 128 Å². The van der Waals surface area contributed by atoms with Gasteiger partial charge in [-0.3, -0.25) is 4.79 Å². The molecule has 2 N–H and O–H groups in total. The summed E-state index contributed by atoms with van der Waals surface area (Å²) in [4.78, 5) is 23.7. The molecule has 1 aliphatic rings. The van der Waals surface area contributed by atoms with Gasteiger partial charge in [-0.05, 0) is 23.6 Å². The monoisotopic (exact) mass is 309 g/mol. The summed E-state index contributed by atoms with van der Waals surface area (Å²) in [5.74, 6) is -1.79. The van der Waals surface area contributed by atoms with E-state index in [1.807, 2.05) is 6.92 Å². The lowest BCUT2D eigenvalue weighted by Crippen LogP contribution is -2.57. The molecule has 2 rings (SSSR count). The lowest BCUT2D eigenvalue weighted by atomic mass is 9.89. The SMILES string of the molecule is CC(CC(=O)NC1(C(=O)O)CCOCC1)c1ccc(F)cc1. The zero-order chi connectivity index (χ0) is 16.2. The molecule has 1 saturated heterocycles. The first kappa shape index (κ1) is 16.4. The quantitative estimate of drug-likeness (QED) is 0.873. The van der Waals surface area contributed by atoms with Crippen LogP contribution in [-0.2, 0) is 14.3 Å². The van der Waals surface area contributed by atoms with E-state index < -0.39 is 11.5 Å². The molecule has 0 aromatic heterocycles. The number of hydrogen-bond donors (Lipinski definition) is 2. The van der Waals surface area contributed by atoms with Crippen LogP contribution >= 0.6 is 0 Å². The number of carbonyl (C=O) groups is 2. The average molecular weight is 309 g/mol. The number of nitrogens with one attached hydrogen (secondary N) is 1. The van der Waals surface area contributed by atoms with Crippen LogP contribution in [0.4, 0.5) is 4.39 Å². The Morgan fingerprint density at radius 1 is 1.32 bits per heavy atom. The second-order valence-electron chi connectivity index (χ2n) is 5.70. The number of carbonyl (C=O) groups excluding carboxylic acids is 1. The van der Waals surface area contributed by atoms with Crippen molar-refractivity contribution in [1.29, 1.82) is 0 Å². The highest BCUT2D eigenvalue weighted by Crippen LogP contribution is 2.23. The molecule has 1 aliphatic heterocycles. The molecule has 1 heterocycles. The predicted octanol–water partition coefficient (Wildman–Crippen LogP) is 2.07. The van der Waals surface area contributed by atoms with E-state index in [4.69, 9.17) is 4.74 Å².